The maximum Gasteiger partial charge on any atom is 0.196 e. The largest absolute Gasteiger partial charge is 0.441 e. The van der Waals surface area contributed by atoms with Gasteiger partial charge in [-0.25, -0.2) is 4.98 Å². The SMILES string of the molecule is CCCNCCc1ncc(-c2ccsc2)o1. The predicted molar refractivity (Wildman–Crippen MR) is 66.7 cm³/mol. The van der Waals surface area contributed by atoms with Crippen LogP contribution in [0.2, 0.25) is 0 Å². The molecule has 0 spiro atoms. The Kier molecular flexibility index (Phi) is 4.13. The van der Waals surface area contributed by atoms with E-state index in [1.54, 1.807) is 17.5 Å². The number of nitrogens with one attached hydrogen (secondary N) is 1. The molecule has 2 rings (SSSR count). The molecule has 3 nitrogen and oxygen atoms in total. The van der Waals surface area contributed by atoms with Gasteiger partial charge in [0.2, 0.25) is 0 Å². The van der Waals surface area contributed by atoms with E-state index in [-0.39, 0.29) is 0 Å². The molecule has 2 heterocycles. The zero-order valence-corrected chi connectivity index (χ0v) is 10.2. The molecule has 0 aromatic carbocycles. The molecule has 86 valence electrons. The Balaban J connectivity index is 1.88. The Labute approximate surface area is 99.5 Å². The molecule has 0 aliphatic rings. The van der Waals surface area contributed by atoms with E-state index >= 15 is 0 Å². The van der Waals surface area contributed by atoms with Crippen LogP contribution in [0.5, 0.6) is 0 Å². The summed E-state index contributed by atoms with van der Waals surface area (Å²) >= 11 is 1.67. The lowest BCUT2D eigenvalue weighted by molar-refractivity contribution is 0.495. The second-order valence-electron chi connectivity index (χ2n) is 3.63. The molecule has 0 bridgehead atoms. The van der Waals surface area contributed by atoms with Gasteiger partial charge in [-0.2, -0.15) is 11.3 Å². The van der Waals surface area contributed by atoms with E-state index in [9.17, 15) is 0 Å². The number of rotatable bonds is 6. The molecule has 0 fully saturated rings. The summed E-state index contributed by atoms with van der Waals surface area (Å²) in [5.74, 6) is 1.68. The van der Waals surface area contributed by atoms with Gasteiger partial charge in [0.15, 0.2) is 11.7 Å². The van der Waals surface area contributed by atoms with Crippen LogP contribution in [-0.4, -0.2) is 18.1 Å². The van der Waals surface area contributed by atoms with Gasteiger partial charge in [-0.3, -0.25) is 0 Å². The molecule has 1 N–H and O–H groups in total. The number of aromatic nitrogens is 1. The Bertz CT molecular complexity index is 408. The Morgan fingerprint density at radius 1 is 1.44 bits per heavy atom. The van der Waals surface area contributed by atoms with Crippen LogP contribution in [0, 0.1) is 0 Å². The number of oxazole rings is 1. The van der Waals surface area contributed by atoms with Gasteiger partial charge < -0.3 is 9.73 Å². The maximum atomic E-state index is 5.66. The maximum absolute atomic E-state index is 5.66. The van der Waals surface area contributed by atoms with Crippen molar-refractivity contribution in [3.05, 3.63) is 28.9 Å². The van der Waals surface area contributed by atoms with Crippen molar-refractivity contribution in [3.63, 3.8) is 0 Å². The predicted octanol–water partition coefficient (Wildman–Crippen LogP) is 2.95. The van der Waals surface area contributed by atoms with Crippen LogP contribution in [0.15, 0.2) is 27.4 Å². The summed E-state index contributed by atoms with van der Waals surface area (Å²) < 4.78 is 5.66. The zero-order chi connectivity index (χ0) is 11.2. The van der Waals surface area contributed by atoms with Crippen LogP contribution in [-0.2, 0) is 6.42 Å². The third-order valence-corrected chi connectivity index (χ3v) is 2.98. The van der Waals surface area contributed by atoms with Gasteiger partial charge in [0.05, 0.1) is 6.20 Å². The molecule has 0 aliphatic carbocycles. The van der Waals surface area contributed by atoms with Gasteiger partial charge in [0, 0.05) is 23.9 Å². The molecule has 0 saturated carbocycles. The third kappa shape index (κ3) is 2.93. The number of hydrogen-bond acceptors (Lipinski definition) is 4. The lowest BCUT2D eigenvalue weighted by atomic mass is 10.3. The normalized spacial score (nSPS) is 10.8. The molecule has 0 saturated heterocycles. The van der Waals surface area contributed by atoms with Crippen molar-refractivity contribution in [2.45, 2.75) is 19.8 Å². The van der Waals surface area contributed by atoms with Crippen molar-refractivity contribution in [3.8, 4) is 11.3 Å². The van der Waals surface area contributed by atoms with Crippen molar-refractivity contribution in [1.82, 2.24) is 10.3 Å². The summed E-state index contributed by atoms with van der Waals surface area (Å²) in [6, 6.07) is 2.05. The van der Waals surface area contributed by atoms with E-state index < -0.39 is 0 Å². The van der Waals surface area contributed by atoms with Crippen LogP contribution < -0.4 is 5.32 Å². The third-order valence-electron chi connectivity index (χ3n) is 2.30. The summed E-state index contributed by atoms with van der Waals surface area (Å²) in [7, 11) is 0. The molecule has 0 radical (unpaired) electrons. The highest BCUT2D eigenvalue weighted by Crippen LogP contribution is 2.22. The van der Waals surface area contributed by atoms with Crippen LogP contribution in [0.25, 0.3) is 11.3 Å². The number of nitrogens with zero attached hydrogens (tertiary/aromatic N) is 1. The molecular weight excluding hydrogens is 220 g/mol. The van der Waals surface area contributed by atoms with Gasteiger partial charge in [0.25, 0.3) is 0 Å². The molecule has 16 heavy (non-hydrogen) atoms. The average molecular weight is 236 g/mol. The quantitative estimate of drug-likeness (QED) is 0.784. The van der Waals surface area contributed by atoms with Gasteiger partial charge in [-0.15, -0.1) is 0 Å². The molecule has 0 unspecified atom stereocenters. The van der Waals surface area contributed by atoms with Gasteiger partial charge in [-0.05, 0) is 24.4 Å². The fraction of sp³-hybridized carbons (Fsp3) is 0.417. The minimum atomic E-state index is 0.810. The first kappa shape index (κ1) is 11.4. The van der Waals surface area contributed by atoms with Crippen molar-refractivity contribution in [1.29, 1.82) is 0 Å². The fourth-order valence-corrected chi connectivity index (χ4v) is 2.11. The Morgan fingerprint density at radius 3 is 3.12 bits per heavy atom. The second kappa shape index (κ2) is 5.82. The second-order valence-corrected chi connectivity index (χ2v) is 4.41. The Hall–Kier alpha value is -1.13. The molecule has 0 amide bonds. The average Bonchev–Trinajstić information content (AvgIpc) is 2.94. The zero-order valence-electron chi connectivity index (χ0n) is 9.40. The van der Waals surface area contributed by atoms with Gasteiger partial charge in [-0.1, -0.05) is 6.92 Å². The van der Waals surface area contributed by atoms with E-state index in [4.69, 9.17) is 4.42 Å². The monoisotopic (exact) mass is 236 g/mol. The molecular formula is C12H16N2OS. The topological polar surface area (TPSA) is 38.1 Å². The van der Waals surface area contributed by atoms with E-state index in [0.29, 0.717) is 0 Å². The minimum Gasteiger partial charge on any atom is -0.441 e. The first-order valence-corrected chi connectivity index (χ1v) is 6.52. The summed E-state index contributed by atoms with van der Waals surface area (Å²) in [6.07, 6.45) is 3.81. The summed E-state index contributed by atoms with van der Waals surface area (Å²) in [5, 5.41) is 7.44. The first-order valence-electron chi connectivity index (χ1n) is 5.58. The molecule has 0 atom stereocenters. The molecule has 0 aliphatic heterocycles. The van der Waals surface area contributed by atoms with Crippen molar-refractivity contribution >= 4 is 11.3 Å². The lowest BCUT2D eigenvalue weighted by Gasteiger charge is -1.98. The summed E-state index contributed by atoms with van der Waals surface area (Å²) in [4.78, 5) is 4.27. The van der Waals surface area contributed by atoms with E-state index in [1.165, 1.54) is 0 Å². The Morgan fingerprint density at radius 2 is 2.38 bits per heavy atom. The van der Waals surface area contributed by atoms with E-state index in [1.807, 2.05) is 11.4 Å². The smallest absolute Gasteiger partial charge is 0.196 e. The van der Waals surface area contributed by atoms with Crippen molar-refractivity contribution in [2.24, 2.45) is 0 Å². The van der Waals surface area contributed by atoms with Crippen LogP contribution in [0.4, 0.5) is 0 Å². The van der Waals surface area contributed by atoms with Crippen molar-refractivity contribution < 1.29 is 4.42 Å². The van der Waals surface area contributed by atoms with Crippen LogP contribution in [0.1, 0.15) is 19.2 Å². The first-order chi connectivity index (χ1) is 7.90. The molecule has 2 aromatic rings. The van der Waals surface area contributed by atoms with Gasteiger partial charge >= 0.3 is 0 Å². The highest BCUT2D eigenvalue weighted by molar-refractivity contribution is 7.08. The minimum absolute atomic E-state index is 0.810. The highest BCUT2D eigenvalue weighted by Gasteiger charge is 2.05. The summed E-state index contributed by atoms with van der Waals surface area (Å²) in [6.45, 7) is 4.14. The summed E-state index contributed by atoms with van der Waals surface area (Å²) in [5.41, 5.74) is 1.12. The standard InChI is InChI=1S/C12H16N2OS/c1-2-5-13-6-3-12-14-8-11(15-12)10-4-7-16-9-10/h4,7-9,13H,2-3,5-6H2,1H3. The lowest BCUT2D eigenvalue weighted by Crippen LogP contribution is -2.17. The number of hydrogen-bond donors (Lipinski definition) is 1. The highest BCUT2D eigenvalue weighted by atomic mass is 32.1. The van der Waals surface area contributed by atoms with E-state index in [2.05, 4.69) is 22.6 Å². The van der Waals surface area contributed by atoms with Crippen LogP contribution >= 0.6 is 11.3 Å². The number of thiophene rings is 1. The molecule has 4 heteroatoms. The van der Waals surface area contributed by atoms with Crippen LogP contribution in [0.3, 0.4) is 0 Å². The van der Waals surface area contributed by atoms with Crippen molar-refractivity contribution in [2.75, 3.05) is 13.1 Å². The molecule has 2 aromatic heterocycles. The fourth-order valence-electron chi connectivity index (χ4n) is 1.46. The van der Waals surface area contributed by atoms with Gasteiger partial charge in [0.1, 0.15) is 0 Å². The van der Waals surface area contributed by atoms with E-state index in [0.717, 1.165) is 43.1 Å².